The van der Waals surface area contributed by atoms with Gasteiger partial charge in [0.2, 0.25) is 0 Å². The molecule has 1 aromatic rings. The lowest BCUT2D eigenvalue weighted by atomic mass is 9.98. The largest absolute Gasteiger partial charge is 0.337 e. The average Bonchev–Trinajstić information content (AvgIpc) is 2.67. The molecule has 5 heteroatoms. The SMILES string of the molecule is Cc1cc(C(=O)N2CCCC(CN)C2)n(C)n1. The van der Waals surface area contributed by atoms with Gasteiger partial charge in [-0.25, -0.2) is 0 Å². The standard InChI is InChI=1S/C12H20N4O/c1-9-6-11(15(2)14-9)12(17)16-5-3-4-10(7-13)8-16/h6,10H,3-5,7-8,13H2,1-2H3. The first-order chi connectivity index (χ1) is 8.11. The number of hydrogen-bond acceptors (Lipinski definition) is 3. The summed E-state index contributed by atoms with van der Waals surface area (Å²) in [5.41, 5.74) is 7.23. The minimum Gasteiger partial charge on any atom is -0.337 e. The molecule has 5 nitrogen and oxygen atoms in total. The number of aryl methyl sites for hydroxylation is 2. The molecule has 0 saturated carbocycles. The van der Waals surface area contributed by atoms with E-state index < -0.39 is 0 Å². The van der Waals surface area contributed by atoms with Crippen LogP contribution in [0.4, 0.5) is 0 Å². The second-order valence-electron chi connectivity index (χ2n) is 4.79. The van der Waals surface area contributed by atoms with Gasteiger partial charge >= 0.3 is 0 Å². The third-order valence-corrected chi connectivity index (χ3v) is 3.36. The molecular weight excluding hydrogens is 216 g/mol. The van der Waals surface area contributed by atoms with E-state index in [-0.39, 0.29) is 5.91 Å². The zero-order chi connectivity index (χ0) is 12.4. The van der Waals surface area contributed by atoms with Gasteiger partial charge in [0.1, 0.15) is 5.69 Å². The van der Waals surface area contributed by atoms with E-state index in [2.05, 4.69) is 5.10 Å². The van der Waals surface area contributed by atoms with Crippen LogP contribution in [-0.2, 0) is 7.05 Å². The van der Waals surface area contributed by atoms with Gasteiger partial charge in [-0.15, -0.1) is 0 Å². The minimum atomic E-state index is 0.0752. The summed E-state index contributed by atoms with van der Waals surface area (Å²) in [6, 6.07) is 1.84. The van der Waals surface area contributed by atoms with Crippen molar-refractivity contribution in [1.82, 2.24) is 14.7 Å². The summed E-state index contributed by atoms with van der Waals surface area (Å²) in [6.07, 6.45) is 2.18. The van der Waals surface area contributed by atoms with Gasteiger partial charge in [-0.05, 0) is 38.3 Å². The summed E-state index contributed by atoms with van der Waals surface area (Å²) in [5.74, 6) is 0.522. The van der Waals surface area contributed by atoms with Crippen molar-refractivity contribution in [2.75, 3.05) is 19.6 Å². The first-order valence-corrected chi connectivity index (χ1v) is 6.11. The number of carbonyl (C=O) groups is 1. The van der Waals surface area contributed by atoms with E-state index in [1.54, 1.807) is 4.68 Å². The molecule has 0 aromatic carbocycles. The molecule has 1 saturated heterocycles. The molecule has 94 valence electrons. The number of likely N-dealkylation sites (tertiary alicyclic amines) is 1. The summed E-state index contributed by atoms with van der Waals surface area (Å²) in [4.78, 5) is 14.2. The van der Waals surface area contributed by atoms with Crippen molar-refractivity contribution in [2.45, 2.75) is 19.8 Å². The van der Waals surface area contributed by atoms with Crippen molar-refractivity contribution in [3.05, 3.63) is 17.5 Å². The van der Waals surface area contributed by atoms with Crippen LogP contribution in [0.5, 0.6) is 0 Å². The average molecular weight is 236 g/mol. The molecule has 0 bridgehead atoms. The molecule has 1 atom stereocenters. The number of hydrogen-bond donors (Lipinski definition) is 1. The lowest BCUT2D eigenvalue weighted by molar-refractivity contribution is 0.0667. The fraction of sp³-hybridized carbons (Fsp3) is 0.667. The number of rotatable bonds is 2. The lowest BCUT2D eigenvalue weighted by Crippen LogP contribution is -2.42. The molecule has 1 aliphatic rings. The van der Waals surface area contributed by atoms with Crippen LogP contribution >= 0.6 is 0 Å². The molecule has 2 N–H and O–H groups in total. The van der Waals surface area contributed by atoms with Crippen LogP contribution < -0.4 is 5.73 Å². The summed E-state index contributed by atoms with van der Waals surface area (Å²) in [5, 5.41) is 4.21. The molecule has 1 aromatic heterocycles. The summed E-state index contributed by atoms with van der Waals surface area (Å²) in [7, 11) is 1.81. The summed E-state index contributed by atoms with van der Waals surface area (Å²) in [6.45, 7) is 4.17. The van der Waals surface area contributed by atoms with Crippen LogP contribution in [0, 0.1) is 12.8 Å². The van der Waals surface area contributed by atoms with Crippen LogP contribution in [-0.4, -0.2) is 40.2 Å². The molecule has 2 heterocycles. The van der Waals surface area contributed by atoms with Gasteiger partial charge in [-0.3, -0.25) is 9.48 Å². The third kappa shape index (κ3) is 2.49. The van der Waals surface area contributed by atoms with E-state index in [0.29, 0.717) is 18.2 Å². The second-order valence-corrected chi connectivity index (χ2v) is 4.79. The molecule has 1 fully saturated rings. The predicted octanol–water partition coefficient (Wildman–Crippen LogP) is 0.539. The number of carbonyl (C=O) groups excluding carboxylic acids is 1. The Kier molecular flexibility index (Phi) is 3.47. The smallest absolute Gasteiger partial charge is 0.272 e. The molecule has 2 rings (SSSR count). The topological polar surface area (TPSA) is 64.2 Å². The van der Waals surface area contributed by atoms with Gasteiger partial charge < -0.3 is 10.6 Å². The van der Waals surface area contributed by atoms with Crippen LogP contribution in [0.25, 0.3) is 0 Å². The number of nitrogens with zero attached hydrogens (tertiary/aromatic N) is 3. The number of aromatic nitrogens is 2. The van der Waals surface area contributed by atoms with Crippen LogP contribution in [0.1, 0.15) is 29.0 Å². The molecule has 0 radical (unpaired) electrons. The Bertz CT molecular complexity index is 413. The van der Waals surface area contributed by atoms with Gasteiger partial charge in [0.15, 0.2) is 0 Å². The maximum absolute atomic E-state index is 12.3. The third-order valence-electron chi connectivity index (χ3n) is 3.36. The second kappa shape index (κ2) is 4.87. The Hall–Kier alpha value is -1.36. The first kappa shape index (κ1) is 12.1. The first-order valence-electron chi connectivity index (χ1n) is 6.11. The fourth-order valence-corrected chi connectivity index (χ4v) is 2.41. The molecule has 1 unspecified atom stereocenters. The summed E-state index contributed by atoms with van der Waals surface area (Å²) >= 11 is 0. The van der Waals surface area contributed by atoms with E-state index in [0.717, 1.165) is 31.6 Å². The minimum absolute atomic E-state index is 0.0752. The molecule has 17 heavy (non-hydrogen) atoms. The van der Waals surface area contributed by atoms with E-state index in [4.69, 9.17) is 5.73 Å². The normalized spacial score (nSPS) is 20.6. The van der Waals surface area contributed by atoms with E-state index in [1.165, 1.54) is 0 Å². The van der Waals surface area contributed by atoms with Crippen LogP contribution in [0.3, 0.4) is 0 Å². The highest BCUT2D eigenvalue weighted by Gasteiger charge is 2.25. The Morgan fingerprint density at radius 2 is 2.41 bits per heavy atom. The van der Waals surface area contributed by atoms with Gasteiger partial charge in [-0.2, -0.15) is 5.10 Å². The van der Waals surface area contributed by atoms with Gasteiger partial charge in [0, 0.05) is 20.1 Å². The molecule has 1 amide bonds. The lowest BCUT2D eigenvalue weighted by Gasteiger charge is -2.32. The molecule has 1 aliphatic heterocycles. The molecule has 0 spiro atoms. The van der Waals surface area contributed by atoms with Gasteiger partial charge in [-0.1, -0.05) is 0 Å². The quantitative estimate of drug-likeness (QED) is 0.815. The highest BCUT2D eigenvalue weighted by Crippen LogP contribution is 2.17. The van der Waals surface area contributed by atoms with E-state index in [9.17, 15) is 4.79 Å². The Morgan fingerprint density at radius 1 is 1.65 bits per heavy atom. The molecule has 0 aliphatic carbocycles. The monoisotopic (exact) mass is 236 g/mol. The van der Waals surface area contributed by atoms with E-state index >= 15 is 0 Å². The number of amides is 1. The number of piperidine rings is 1. The van der Waals surface area contributed by atoms with Gasteiger partial charge in [0.25, 0.3) is 5.91 Å². The zero-order valence-electron chi connectivity index (χ0n) is 10.5. The maximum atomic E-state index is 12.3. The van der Waals surface area contributed by atoms with Crippen molar-refractivity contribution in [3.8, 4) is 0 Å². The fourth-order valence-electron chi connectivity index (χ4n) is 2.41. The predicted molar refractivity (Wildman–Crippen MR) is 65.6 cm³/mol. The van der Waals surface area contributed by atoms with Crippen molar-refractivity contribution in [1.29, 1.82) is 0 Å². The van der Waals surface area contributed by atoms with Gasteiger partial charge in [0.05, 0.1) is 5.69 Å². The van der Waals surface area contributed by atoms with Crippen LogP contribution in [0.15, 0.2) is 6.07 Å². The Morgan fingerprint density at radius 3 is 3.00 bits per heavy atom. The van der Waals surface area contributed by atoms with Crippen molar-refractivity contribution < 1.29 is 4.79 Å². The maximum Gasteiger partial charge on any atom is 0.272 e. The highest BCUT2D eigenvalue weighted by atomic mass is 16.2. The van der Waals surface area contributed by atoms with Crippen molar-refractivity contribution >= 4 is 5.91 Å². The Labute approximate surface area is 102 Å². The van der Waals surface area contributed by atoms with Crippen molar-refractivity contribution in [2.24, 2.45) is 18.7 Å². The zero-order valence-corrected chi connectivity index (χ0v) is 10.5. The number of nitrogens with two attached hydrogens (primary N) is 1. The van der Waals surface area contributed by atoms with Crippen molar-refractivity contribution in [3.63, 3.8) is 0 Å². The summed E-state index contributed by atoms with van der Waals surface area (Å²) < 4.78 is 1.66. The molecular formula is C12H20N4O. The Balaban J connectivity index is 2.12. The highest BCUT2D eigenvalue weighted by molar-refractivity contribution is 5.92. The van der Waals surface area contributed by atoms with E-state index in [1.807, 2.05) is 24.9 Å². The van der Waals surface area contributed by atoms with Crippen LogP contribution in [0.2, 0.25) is 0 Å².